The van der Waals surface area contributed by atoms with E-state index in [9.17, 15) is 5.26 Å². The average Bonchev–Trinajstić information content (AvgIpc) is 3.13. The molecule has 3 rings (SSSR count). The maximum absolute atomic E-state index is 9.71. The van der Waals surface area contributed by atoms with E-state index in [-0.39, 0.29) is 6.10 Å². The zero-order valence-corrected chi connectivity index (χ0v) is 15.4. The Labute approximate surface area is 150 Å². The van der Waals surface area contributed by atoms with Gasteiger partial charge in [-0.05, 0) is 38.3 Å². The highest BCUT2D eigenvalue weighted by Gasteiger charge is 2.25. The number of hydrogen-bond acceptors (Lipinski definition) is 6. The van der Waals surface area contributed by atoms with E-state index in [1.165, 1.54) is 5.56 Å². The van der Waals surface area contributed by atoms with Gasteiger partial charge in [-0.3, -0.25) is 0 Å². The van der Waals surface area contributed by atoms with Gasteiger partial charge in [0.05, 0.1) is 11.7 Å². The predicted octanol–water partition coefficient (Wildman–Crippen LogP) is 2.74. The summed E-state index contributed by atoms with van der Waals surface area (Å²) in [5.41, 5.74) is 3.05. The second-order valence-electron chi connectivity index (χ2n) is 7.04. The van der Waals surface area contributed by atoms with Gasteiger partial charge in [0.2, 0.25) is 0 Å². The van der Waals surface area contributed by atoms with Crippen LogP contribution in [0.25, 0.3) is 0 Å². The smallest absolute Gasteiger partial charge is 0.146 e. The van der Waals surface area contributed by atoms with E-state index in [0.29, 0.717) is 0 Å². The summed E-state index contributed by atoms with van der Waals surface area (Å²) in [6.45, 7) is 6.46. The third kappa shape index (κ3) is 4.23. The van der Waals surface area contributed by atoms with Crippen LogP contribution in [-0.2, 0) is 17.7 Å². The number of hydrogen-bond donors (Lipinski definition) is 2. The van der Waals surface area contributed by atoms with Crippen molar-refractivity contribution in [3.63, 3.8) is 0 Å². The normalized spacial score (nSPS) is 20.1. The number of anilines is 2. The molecule has 6 nitrogen and oxygen atoms in total. The topological polar surface area (TPSA) is 73.2 Å². The molecule has 0 aromatic carbocycles. The van der Waals surface area contributed by atoms with Crippen molar-refractivity contribution in [1.82, 2.24) is 9.88 Å². The third-order valence-electron chi connectivity index (χ3n) is 5.04. The lowest BCUT2D eigenvalue weighted by Crippen LogP contribution is -2.30. The Hall–Kier alpha value is -1.84. The molecule has 2 N–H and O–H groups in total. The molecule has 0 aliphatic carbocycles. The fraction of sp³-hybridized carbons (Fsp3) is 0.684. The zero-order valence-electron chi connectivity index (χ0n) is 15.4. The van der Waals surface area contributed by atoms with Gasteiger partial charge in [-0.15, -0.1) is 0 Å². The number of pyridine rings is 1. The van der Waals surface area contributed by atoms with Gasteiger partial charge in [0.15, 0.2) is 0 Å². The van der Waals surface area contributed by atoms with Gasteiger partial charge in [0.1, 0.15) is 17.7 Å². The first-order valence-electron chi connectivity index (χ1n) is 9.46. The van der Waals surface area contributed by atoms with E-state index in [0.717, 1.165) is 87.7 Å². The molecular weight excluding hydrogens is 314 g/mol. The summed E-state index contributed by atoms with van der Waals surface area (Å²) in [6, 6.07) is 2.39. The number of nitrogens with zero attached hydrogens (tertiary/aromatic N) is 3. The minimum Gasteiger partial charge on any atom is -0.376 e. The Morgan fingerprint density at radius 3 is 2.92 bits per heavy atom. The van der Waals surface area contributed by atoms with Crippen LogP contribution in [-0.4, -0.2) is 49.3 Å². The molecule has 6 heteroatoms. The van der Waals surface area contributed by atoms with Gasteiger partial charge >= 0.3 is 0 Å². The summed E-state index contributed by atoms with van der Waals surface area (Å²) in [5.74, 6) is 1.64. The number of nitrogens with one attached hydrogen (secondary N) is 2. The lowest BCUT2D eigenvalue weighted by atomic mass is 9.96. The molecule has 3 heterocycles. The highest BCUT2D eigenvalue weighted by molar-refractivity contribution is 5.66. The fourth-order valence-corrected chi connectivity index (χ4v) is 3.56. The fourth-order valence-electron chi connectivity index (χ4n) is 3.56. The quantitative estimate of drug-likeness (QED) is 0.742. The summed E-state index contributed by atoms with van der Waals surface area (Å²) in [6.07, 6.45) is 5.60. The molecule has 1 atom stereocenters. The number of rotatable bonds is 7. The van der Waals surface area contributed by atoms with Gasteiger partial charge in [0.25, 0.3) is 0 Å². The number of ether oxygens (including phenoxy) is 1. The van der Waals surface area contributed by atoms with Crippen LogP contribution in [0.1, 0.15) is 49.3 Å². The lowest BCUT2D eigenvalue weighted by Gasteiger charge is -2.29. The van der Waals surface area contributed by atoms with Crippen LogP contribution in [0.3, 0.4) is 0 Å². The molecule has 2 aliphatic heterocycles. The highest BCUT2D eigenvalue weighted by atomic mass is 16.5. The summed E-state index contributed by atoms with van der Waals surface area (Å²) >= 11 is 0. The summed E-state index contributed by atoms with van der Waals surface area (Å²) < 4.78 is 5.73. The molecule has 1 saturated heterocycles. The maximum atomic E-state index is 9.71. The van der Waals surface area contributed by atoms with E-state index >= 15 is 0 Å². The van der Waals surface area contributed by atoms with E-state index < -0.39 is 0 Å². The van der Waals surface area contributed by atoms with Crippen LogP contribution < -0.4 is 10.6 Å². The molecule has 2 aliphatic rings. The van der Waals surface area contributed by atoms with Crippen molar-refractivity contribution in [1.29, 1.82) is 5.26 Å². The molecule has 0 spiro atoms. The van der Waals surface area contributed by atoms with Crippen LogP contribution in [0.5, 0.6) is 0 Å². The SMILES string of the molecule is CCCCNc1nc(NC[C@H]2CCCO2)c2c(c1C#N)CCN(C)C2. The Morgan fingerprint density at radius 2 is 2.20 bits per heavy atom. The van der Waals surface area contributed by atoms with Crippen molar-refractivity contribution in [2.24, 2.45) is 0 Å². The molecule has 25 heavy (non-hydrogen) atoms. The largest absolute Gasteiger partial charge is 0.376 e. The average molecular weight is 343 g/mol. The first-order valence-corrected chi connectivity index (χ1v) is 9.46. The molecule has 0 saturated carbocycles. The molecule has 1 fully saturated rings. The van der Waals surface area contributed by atoms with E-state index in [2.05, 4.69) is 35.6 Å². The molecule has 0 radical (unpaired) electrons. The number of fused-ring (bicyclic) bond motifs is 1. The maximum Gasteiger partial charge on any atom is 0.146 e. The molecule has 1 aromatic rings. The first-order chi connectivity index (χ1) is 12.2. The molecule has 1 aromatic heterocycles. The Balaban J connectivity index is 1.87. The molecule has 0 unspecified atom stereocenters. The summed E-state index contributed by atoms with van der Waals surface area (Å²) in [4.78, 5) is 7.08. The first kappa shape index (κ1) is 18.0. The third-order valence-corrected chi connectivity index (χ3v) is 5.04. The van der Waals surface area contributed by atoms with Gasteiger partial charge in [-0.25, -0.2) is 4.98 Å². The van der Waals surface area contributed by atoms with Crippen molar-refractivity contribution < 1.29 is 4.74 Å². The van der Waals surface area contributed by atoms with Crippen molar-refractivity contribution in [3.05, 3.63) is 16.7 Å². The van der Waals surface area contributed by atoms with Crippen molar-refractivity contribution in [2.45, 2.75) is 51.7 Å². The van der Waals surface area contributed by atoms with Crippen LogP contribution >= 0.6 is 0 Å². The Morgan fingerprint density at radius 1 is 1.32 bits per heavy atom. The van der Waals surface area contributed by atoms with E-state index in [1.807, 2.05) is 0 Å². The number of nitriles is 1. The van der Waals surface area contributed by atoms with E-state index in [1.54, 1.807) is 0 Å². The van der Waals surface area contributed by atoms with Crippen LogP contribution in [0.4, 0.5) is 11.6 Å². The van der Waals surface area contributed by atoms with Crippen molar-refractivity contribution >= 4 is 11.6 Å². The number of unbranched alkanes of at least 4 members (excludes halogenated alkanes) is 1. The Bertz CT molecular complexity index is 634. The highest BCUT2D eigenvalue weighted by Crippen LogP contribution is 2.31. The minimum atomic E-state index is 0.269. The molecule has 0 bridgehead atoms. The minimum absolute atomic E-state index is 0.269. The zero-order chi connectivity index (χ0) is 17.6. The van der Waals surface area contributed by atoms with Crippen molar-refractivity contribution in [2.75, 3.05) is 43.9 Å². The van der Waals surface area contributed by atoms with Crippen LogP contribution in [0, 0.1) is 11.3 Å². The number of aromatic nitrogens is 1. The van der Waals surface area contributed by atoms with Crippen molar-refractivity contribution in [3.8, 4) is 6.07 Å². The molecular formula is C19H29N5O. The Kier molecular flexibility index (Phi) is 6.11. The van der Waals surface area contributed by atoms with Gasteiger partial charge < -0.3 is 20.3 Å². The van der Waals surface area contributed by atoms with Gasteiger partial charge in [-0.1, -0.05) is 13.3 Å². The lowest BCUT2D eigenvalue weighted by molar-refractivity contribution is 0.120. The van der Waals surface area contributed by atoms with Gasteiger partial charge in [0, 0.05) is 38.3 Å². The number of likely N-dealkylation sites (N-methyl/N-ethyl adjacent to an activating group) is 1. The van der Waals surface area contributed by atoms with Crippen LogP contribution in [0.2, 0.25) is 0 Å². The summed E-state index contributed by atoms with van der Waals surface area (Å²) in [5, 5.41) is 16.6. The van der Waals surface area contributed by atoms with E-state index in [4.69, 9.17) is 9.72 Å². The molecule has 136 valence electrons. The molecule has 0 amide bonds. The second-order valence-corrected chi connectivity index (χ2v) is 7.04. The summed E-state index contributed by atoms with van der Waals surface area (Å²) in [7, 11) is 2.12. The predicted molar refractivity (Wildman–Crippen MR) is 99.9 cm³/mol. The second kappa shape index (κ2) is 8.50. The van der Waals surface area contributed by atoms with Gasteiger partial charge in [-0.2, -0.15) is 5.26 Å². The van der Waals surface area contributed by atoms with Crippen LogP contribution in [0.15, 0.2) is 0 Å². The standard InChI is InChI=1S/C19H29N5O/c1-3-4-8-21-18-16(11-20)15-7-9-24(2)13-17(15)19(23-18)22-12-14-6-5-10-25-14/h14H,3-10,12-13H2,1-2H3,(H2,21,22,23)/t14-/m1/s1. The monoisotopic (exact) mass is 343 g/mol.